The van der Waals surface area contributed by atoms with Gasteiger partial charge in [-0.2, -0.15) is 0 Å². The second-order valence-corrected chi connectivity index (χ2v) is 10.1. The van der Waals surface area contributed by atoms with Gasteiger partial charge in [0, 0.05) is 17.8 Å². The van der Waals surface area contributed by atoms with Crippen LogP contribution in [0, 0.1) is 6.92 Å². The van der Waals surface area contributed by atoms with Gasteiger partial charge in [0.05, 0.1) is 5.52 Å². The van der Waals surface area contributed by atoms with Crippen molar-refractivity contribution < 1.29 is 19.1 Å². The van der Waals surface area contributed by atoms with Crippen LogP contribution in [-0.4, -0.2) is 39.6 Å². The van der Waals surface area contributed by atoms with Crippen molar-refractivity contribution in [3.8, 4) is 11.5 Å². The van der Waals surface area contributed by atoms with E-state index in [0.717, 1.165) is 42.3 Å². The van der Waals surface area contributed by atoms with E-state index in [2.05, 4.69) is 15.6 Å². The quantitative estimate of drug-likeness (QED) is 0.376. The minimum Gasteiger partial charge on any atom is -0.454 e. The number of fused-ring (bicyclic) bond motifs is 2. The van der Waals surface area contributed by atoms with E-state index in [9.17, 15) is 9.59 Å². The van der Waals surface area contributed by atoms with E-state index in [1.54, 1.807) is 27.8 Å². The molecule has 1 atom stereocenters. The molecule has 2 amide bonds. The summed E-state index contributed by atoms with van der Waals surface area (Å²) < 4.78 is 12.7. The van der Waals surface area contributed by atoms with Gasteiger partial charge in [0.15, 0.2) is 11.5 Å². The normalized spacial score (nSPS) is 15.7. The molecule has 0 spiro atoms. The van der Waals surface area contributed by atoms with Gasteiger partial charge in [0.25, 0.3) is 0 Å². The molecule has 200 valence electrons. The van der Waals surface area contributed by atoms with Crippen LogP contribution in [0.3, 0.4) is 0 Å². The fourth-order valence-electron chi connectivity index (χ4n) is 5.53. The summed E-state index contributed by atoms with van der Waals surface area (Å²) in [5, 5.41) is 11.7. The number of amides is 2. The van der Waals surface area contributed by atoms with Crippen molar-refractivity contribution in [2.24, 2.45) is 0 Å². The largest absolute Gasteiger partial charge is 0.454 e. The molecule has 9 nitrogen and oxygen atoms in total. The summed E-state index contributed by atoms with van der Waals surface area (Å²) >= 11 is 0. The van der Waals surface area contributed by atoms with E-state index in [1.165, 1.54) is 6.42 Å². The molecular weight excluding hydrogens is 494 g/mol. The summed E-state index contributed by atoms with van der Waals surface area (Å²) in [4.78, 5) is 30.0. The average molecular weight is 526 g/mol. The number of nitrogens with one attached hydrogen (secondary N) is 1. The van der Waals surface area contributed by atoms with E-state index >= 15 is 0 Å². The number of ether oxygens (including phenoxy) is 2. The summed E-state index contributed by atoms with van der Waals surface area (Å²) in [5.74, 6) is 0.641. The second-order valence-electron chi connectivity index (χ2n) is 10.1. The lowest BCUT2D eigenvalue weighted by Gasteiger charge is -2.34. The van der Waals surface area contributed by atoms with Gasteiger partial charge in [-0.05, 0) is 55.2 Å². The Morgan fingerprint density at radius 3 is 2.62 bits per heavy atom. The Balaban J connectivity index is 1.43. The highest BCUT2D eigenvalue weighted by molar-refractivity contribution is 6.02. The van der Waals surface area contributed by atoms with Crippen LogP contribution < -0.4 is 19.7 Å². The molecule has 1 fully saturated rings. The van der Waals surface area contributed by atoms with Crippen molar-refractivity contribution in [3.63, 3.8) is 0 Å². The molecule has 6 rings (SSSR count). The first-order valence-corrected chi connectivity index (χ1v) is 13.4. The van der Waals surface area contributed by atoms with Crippen LogP contribution in [0.5, 0.6) is 11.5 Å². The van der Waals surface area contributed by atoms with Crippen LogP contribution in [-0.2, 0) is 16.1 Å². The smallest absolute Gasteiger partial charge is 0.249 e. The summed E-state index contributed by atoms with van der Waals surface area (Å²) in [7, 11) is 0. The van der Waals surface area contributed by atoms with Crippen LogP contribution in [0.2, 0.25) is 0 Å². The fraction of sp³-hybridized carbons (Fsp3) is 0.333. The lowest BCUT2D eigenvalue weighted by molar-refractivity contribution is -0.127. The number of rotatable bonds is 7. The van der Waals surface area contributed by atoms with Crippen molar-refractivity contribution in [1.29, 1.82) is 0 Å². The van der Waals surface area contributed by atoms with E-state index in [0.29, 0.717) is 22.7 Å². The van der Waals surface area contributed by atoms with Crippen molar-refractivity contribution in [1.82, 2.24) is 20.3 Å². The molecule has 2 heterocycles. The minimum absolute atomic E-state index is 0.0886. The minimum atomic E-state index is -0.893. The molecule has 9 heteroatoms. The molecule has 1 aromatic heterocycles. The fourth-order valence-corrected chi connectivity index (χ4v) is 5.53. The first-order valence-electron chi connectivity index (χ1n) is 13.4. The molecule has 39 heavy (non-hydrogen) atoms. The zero-order valence-corrected chi connectivity index (χ0v) is 21.9. The van der Waals surface area contributed by atoms with Gasteiger partial charge in [-0.1, -0.05) is 60.9 Å². The van der Waals surface area contributed by atoms with Crippen LogP contribution in [0.1, 0.15) is 49.3 Å². The molecule has 0 radical (unpaired) electrons. The highest BCUT2D eigenvalue weighted by Gasteiger charge is 2.36. The van der Waals surface area contributed by atoms with Gasteiger partial charge >= 0.3 is 0 Å². The Morgan fingerprint density at radius 1 is 1.00 bits per heavy atom. The zero-order valence-electron chi connectivity index (χ0n) is 21.9. The summed E-state index contributed by atoms with van der Waals surface area (Å²) in [5.41, 5.74) is 3.67. The maximum atomic E-state index is 14.3. The monoisotopic (exact) mass is 525 g/mol. The summed E-state index contributed by atoms with van der Waals surface area (Å²) in [6.07, 6.45) is 5.24. The van der Waals surface area contributed by atoms with Gasteiger partial charge in [-0.3, -0.25) is 14.5 Å². The molecule has 4 aromatic rings. The average Bonchev–Trinajstić information content (AvgIpc) is 3.59. The predicted octanol–water partition coefficient (Wildman–Crippen LogP) is 4.69. The number of hydrogen-bond donors (Lipinski definition) is 1. The Bertz CT molecular complexity index is 1510. The molecular formula is C30H31N5O4. The second kappa shape index (κ2) is 10.8. The van der Waals surface area contributed by atoms with Gasteiger partial charge in [-0.15, -0.1) is 5.10 Å². The van der Waals surface area contributed by atoms with E-state index in [-0.39, 0.29) is 31.2 Å². The van der Waals surface area contributed by atoms with E-state index in [4.69, 9.17) is 9.47 Å². The Labute approximate surface area is 226 Å². The molecule has 1 aliphatic carbocycles. The molecule has 1 N–H and O–H groups in total. The number of nitrogens with zero attached hydrogens (tertiary/aromatic N) is 4. The topological polar surface area (TPSA) is 98.6 Å². The predicted molar refractivity (Wildman–Crippen MR) is 147 cm³/mol. The third-order valence-corrected chi connectivity index (χ3v) is 7.55. The molecule has 3 aromatic carbocycles. The van der Waals surface area contributed by atoms with Crippen molar-refractivity contribution in [3.05, 3.63) is 77.9 Å². The van der Waals surface area contributed by atoms with Crippen molar-refractivity contribution in [2.75, 3.05) is 11.7 Å². The van der Waals surface area contributed by atoms with Gasteiger partial charge in [0.1, 0.15) is 18.1 Å². The number of benzene rings is 3. The SMILES string of the molecule is Cc1ccccc1C(C(=O)NC1CCCCC1)N(C(=O)Cn1nnc2ccccc21)c1ccc2c(c1)OCO2. The highest BCUT2D eigenvalue weighted by Crippen LogP contribution is 2.39. The first kappa shape index (κ1) is 24.9. The highest BCUT2D eigenvalue weighted by atomic mass is 16.7. The Morgan fingerprint density at radius 2 is 1.77 bits per heavy atom. The standard InChI is InChI=1S/C30H31N5O4/c1-20-9-5-6-12-23(20)29(30(37)31-21-10-3-2-4-11-21)35(22-15-16-26-27(17-22)39-19-38-26)28(36)18-34-25-14-8-7-13-24(25)32-33-34/h5-9,12-17,21,29H,2-4,10-11,18-19H2,1H3,(H,31,37). The third-order valence-electron chi connectivity index (χ3n) is 7.55. The van der Waals surface area contributed by atoms with E-state index in [1.807, 2.05) is 55.5 Å². The van der Waals surface area contributed by atoms with Crippen LogP contribution in [0.4, 0.5) is 5.69 Å². The first-order chi connectivity index (χ1) is 19.1. The molecule has 0 saturated heterocycles. The Kier molecular flexibility index (Phi) is 6.87. The van der Waals surface area contributed by atoms with Crippen molar-refractivity contribution in [2.45, 2.75) is 57.7 Å². The van der Waals surface area contributed by atoms with Gasteiger partial charge < -0.3 is 14.8 Å². The number of carbonyl (C=O) groups excluding carboxylic acids is 2. The lowest BCUT2D eigenvalue weighted by atomic mass is 9.93. The third kappa shape index (κ3) is 5.04. The number of aromatic nitrogens is 3. The summed E-state index contributed by atoms with van der Waals surface area (Å²) in [6, 6.07) is 19.7. The molecule has 0 bridgehead atoms. The zero-order chi connectivity index (χ0) is 26.8. The number of aryl methyl sites for hydroxylation is 1. The van der Waals surface area contributed by atoms with Crippen molar-refractivity contribution >= 4 is 28.5 Å². The maximum absolute atomic E-state index is 14.3. The van der Waals surface area contributed by atoms with Crippen LogP contribution >= 0.6 is 0 Å². The van der Waals surface area contributed by atoms with Gasteiger partial charge in [0.2, 0.25) is 18.6 Å². The lowest BCUT2D eigenvalue weighted by Crippen LogP contribution is -2.48. The maximum Gasteiger partial charge on any atom is 0.249 e. The summed E-state index contributed by atoms with van der Waals surface area (Å²) in [6.45, 7) is 1.98. The molecule has 1 saturated carbocycles. The van der Waals surface area contributed by atoms with Crippen LogP contribution in [0.25, 0.3) is 11.0 Å². The molecule has 1 aliphatic heterocycles. The number of para-hydroxylation sites is 1. The van der Waals surface area contributed by atoms with Gasteiger partial charge in [-0.25, -0.2) is 4.68 Å². The molecule has 2 aliphatic rings. The number of hydrogen-bond acceptors (Lipinski definition) is 6. The number of carbonyl (C=O) groups is 2. The van der Waals surface area contributed by atoms with Crippen LogP contribution in [0.15, 0.2) is 66.7 Å². The molecule has 1 unspecified atom stereocenters. The Hall–Kier alpha value is -4.40. The number of anilines is 1. The van der Waals surface area contributed by atoms with E-state index < -0.39 is 6.04 Å².